The maximum absolute atomic E-state index is 13.0. The van der Waals surface area contributed by atoms with Crippen molar-refractivity contribution in [3.8, 4) is 0 Å². The Hall–Kier alpha value is -3.18. The molecule has 0 bridgehead atoms. The number of nitrogens with zero attached hydrogens (tertiary/aromatic N) is 1. The highest BCUT2D eigenvalue weighted by Gasteiger charge is 2.27. The molecular weight excluding hydrogens is 328 g/mol. The number of benzene rings is 2. The van der Waals surface area contributed by atoms with Crippen molar-refractivity contribution in [2.45, 2.75) is 12.7 Å². The van der Waals surface area contributed by atoms with Gasteiger partial charge < -0.3 is 9.73 Å². The average molecular weight is 348 g/mol. The lowest BCUT2D eigenvalue weighted by atomic mass is 10.1. The third-order valence-electron chi connectivity index (χ3n) is 4.04. The molecule has 0 fully saturated rings. The molecule has 1 amide bonds. The molecule has 26 heavy (non-hydrogen) atoms. The number of hydrogen-bond acceptors (Lipinski definition) is 4. The van der Waals surface area contributed by atoms with Crippen molar-refractivity contribution in [3.05, 3.63) is 95.9 Å². The van der Waals surface area contributed by atoms with Gasteiger partial charge in [0.1, 0.15) is 6.17 Å². The van der Waals surface area contributed by atoms with Crippen molar-refractivity contribution in [3.63, 3.8) is 0 Å². The zero-order valence-electron chi connectivity index (χ0n) is 14.5. The number of hydrogen-bond donors (Lipinski definition) is 1. The van der Waals surface area contributed by atoms with Crippen LogP contribution in [0.5, 0.6) is 0 Å². The molecule has 0 aliphatic heterocycles. The van der Waals surface area contributed by atoms with Crippen molar-refractivity contribution < 1.29 is 14.0 Å². The summed E-state index contributed by atoms with van der Waals surface area (Å²) in [4.78, 5) is 27.2. The summed E-state index contributed by atoms with van der Waals surface area (Å²) >= 11 is 0. The minimum Gasteiger partial charge on any atom is -0.459 e. The summed E-state index contributed by atoms with van der Waals surface area (Å²) in [5.41, 5.74) is 1.59. The Labute approximate surface area is 152 Å². The number of furan rings is 1. The molecule has 3 aromatic rings. The molecule has 1 atom stereocenters. The van der Waals surface area contributed by atoms with Gasteiger partial charge in [0, 0.05) is 12.1 Å². The van der Waals surface area contributed by atoms with Crippen molar-refractivity contribution in [2.75, 3.05) is 7.05 Å². The summed E-state index contributed by atoms with van der Waals surface area (Å²) < 4.78 is 5.14. The van der Waals surface area contributed by atoms with Gasteiger partial charge in [-0.1, -0.05) is 60.7 Å². The van der Waals surface area contributed by atoms with E-state index in [-0.39, 0.29) is 11.5 Å². The van der Waals surface area contributed by atoms with Crippen molar-refractivity contribution in [1.82, 2.24) is 10.2 Å². The fourth-order valence-corrected chi connectivity index (χ4v) is 2.70. The van der Waals surface area contributed by atoms with Gasteiger partial charge in [0.05, 0.1) is 6.26 Å². The van der Waals surface area contributed by atoms with E-state index in [1.807, 2.05) is 41.3 Å². The number of rotatable bonds is 7. The monoisotopic (exact) mass is 348 g/mol. The number of Topliss-reactive ketones (excluding diaryl/α,β-unsaturated/α-hetero) is 1. The first-order valence-corrected chi connectivity index (χ1v) is 8.33. The van der Waals surface area contributed by atoms with Crippen LogP contribution in [0.25, 0.3) is 0 Å². The predicted molar refractivity (Wildman–Crippen MR) is 98.6 cm³/mol. The minimum absolute atomic E-state index is 0.170. The summed E-state index contributed by atoms with van der Waals surface area (Å²) in [6.07, 6.45) is 0.617. The maximum Gasteiger partial charge on any atom is 0.288 e. The van der Waals surface area contributed by atoms with E-state index in [2.05, 4.69) is 5.32 Å². The molecule has 1 aromatic heterocycles. The zero-order valence-corrected chi connectivity index (χ0v) is 14.5. The lowest BCUT2D eigenvalue weighted by molar-refractivity contribution is 0.0706. The lowest BCUT2D eigenvalue weighted by Crippen LogP contribution is -2.51. The summed E-state index contributed by atoms with van der Waals surface area (Å²) in [5, 5.41) is 2.78. The summed E-state index contributed by atoms with van der Waals surface area (Å²) in [5.74, 6) is -0.433. The molecule has 0 saturated carbocycles. The molecule has 0 radical (unpaired) electrons. The van der Waals surface area contributed by atoms with Gasteiger partial charge in [-0.3, -0.25) is 14.5 Å². The third kappa shape index (κ3) is 4.26. The fraction of sp³-hybridized carbons (Fsp3) is 0.143. The number of ketones is 1. The van der Waals surface area contributed by atoms with Gasteiger partial charge in [-0.2, -0.15) is 0 Å². The van der Waals surface area contributed by atoms with Crippen LogP contribution < -0.4 is 5.32 Å². The van der Waals surface area contributed by atoms with E-state index in [0.717, 1.165) is 5.56 Å². The zero-order chi connectivity index (χ0) is 18.4. The molecule has 0 aliphatic carbocycles. The van der Waals surface area contributed by atoms with E-state index in [1.165, 1.54) is 6.26 Å². The first-order chi connectivity index (χ1) is 12.6. The number of amides is 1. The number of nitrogens with one attached hydrogen (secondary N) is 1. The minimum atomic E-state index is -0.810. The predicted octanol–water partition coefficient (Wildman–Crippen LogP) is 3.35. The van der Waals surface area contributed by atoms with E-state index in [4.69, 9.17) is 4.42 Å². The standard InChI is InChI=1S/C21H20N2O3/c1-23(15-16-9-4-2-5-10-16)20(19(24)17-11-6-3-7-12-17)22-21(25)18-13-8-14-26-18/h2-14,20H,15H2,1H3,(H,22,25)/t20-/m0/s1. The topological polar surface area (TPSA) is 62.6 Å². The van der Waals surface area contributed by atoms with Gasteiger partial charge in [0.2, 0.25) is 0 Å². The molecule has 2 aromatic carbocycles. The highest BCUT2D eigenvalue weighted by molar-refractivity contribution is 6.03. The van der Waals surface area contributed by atoms with Crippen LogP contribution in [-0.4, -0.2) is 29.8 Å². The van der Waals surface area contributed by atoms with Crippen molar-refractivity contribution >= 4 is 11.7 Å². The molecule has 5 heteroatoms. The Balaban J connectivity index is 1.82. The highest BCUT2D eigenvalue weighted by Crippen LogP contribution is 2.11. The molecule has 1 heterocycles. The van der Waals surface area contributed by atoms with Crippen molar-refractivity contribution in [2.24, 2.45) is 0 Å². The summed E-state index contributed by atoms with van der Waals surface area (Å²) in [6, 6.07) is 21.9. The van der Waals surface area contributed by atoms with E-state index in [0.29, 0.717) is 12.1 Å². The quantitative estimate of drug-likeness (QED) is 0.525. The second-order valence-electron chi connectivity index (χ2n) is 5.98. The first-order valence-electron chi connectivity index (χ1n) is 8.33. The average Bonchev–Trinajstić information content (AvgIpc) is 3.22. The largest absolute Gasteiger partial charge is 0.459 e. The Morgan fingerprint density at radius 3 is 2.23 bits per heavy atom. The molecule has 0 spiro atoms. The molecule has 1 N–H and O–H groups in total. The fourth-order valence-electron chi connectivity index (χ4n) is 2.70. The van der Waals surface area contributed by atoms with Gasteiger partial charge in [0.25, 0.3) is 5.91 Å². The van der Waals surface area contributed by atoms with Crippen LogP contribution in [0.3, 0.4) is 0 Å². The molecule has 0 aliphatic rings. The molecule has 3 rings (SSSR count). The highest BCUT2D eigenvalue weighted by atomic mass is 16.3. The van der Waals surface area contributed by atoms with Gasteiger partial charge >= 0.3 is 0 Å². The molecule has 0 unspecified atom stereocenters. The summed E-state index contributed by atoms with van der Waals surface area (Å²) in [6.45, 7) is 0.516. The molecule has 132 valence electrons. The molecule has 5 nitrogen and oxygen atoms in total. The van der Waals surface area contributed by atoms with Gasteiger partial charge in [-0.15, -0.1) is 0 Å². The Kier molecular flexibility index (Phi) is 5.61. The summed E-state index contributed by atoms with van der Waals surface area (Å²) in [7, 11) is 1.81. The Morgan fingerprint density at radius 1 is 0.962 bits per heavy atom. The first kappa shape index (κ1) is 17.6. The van der Waals surface area contributed by atoms with Crippen LogP contribution in [0.15, 0.2) is 83.5 Å². The van der Waals surface area contributed by atoms with E-state index in [1.54, 1.807) is 43.4 Å². The van der Waals surface area contributed by atoms with Crippen LogP contribution >= 0.6 is 0 Å². The normalized spacial score (nSPS) is 11.9. The Morgan fingerprint density at radius 2 is 1.62 bits per heavy atom. The lowest BCUT2D eigenvalue weighted by Gasteiger charge is -2.27. The van der Waals surface area contributed by atoms with E-state index < -0.39 is 12.1 Å². The SMILES string of the molecule is CN(Cc1ccccc1)[C@H](NC(=O)c1ccco1)C(=O)c1ccccc1. The second-order valence-corrected chi connectivity index (χ2v) is 5.98. The second kappa shape index (κ2) is 8.27. The number of carbonyl (C=O) groups is 2. The number of likely N-dealkylation sites (N-methyl/N-ethyl adjacent to an activating group) is 1. The van der Waals surface area contributed by atoms with Gasteiger partial charge in [-0.05, 0) is 24.7 Å². The van der Waals surface area contributed by atoms with Crippen LogP contribution in [0.1, 0.15) is 26.5 Å². The third-order valence-corrected chi connectivity index (χ3v) is 4.04. The Bertz CT molecular complexity index is 845. The molecular formula is C21H20N2O3. The van der Waals surface area contributed by atoms with Crippen LogP contribution in [-0.2, 0) is 6.54 Å². The van der Waals surface area contributed by atoms with Gasteiger partial charge in [-0.25, -0.2) is 0 Å². The van der Waals surface area contributed by atoms with E-state index >= 15 is 0 Å². The van der Waals surface area contributed by atoms with Gasteiger partial charge in [0.15, 0.2) is 11.5 Å². The van der Waals surface area contributed by atoms with Crippen molar-refractivity contribution in [1.29, 1.82) is 0 Å². The van der Waals surface area contributed by atoms with E-state index in [9.17, 15) is 9.59 Å². The van der Waals surface area contributed by atoms with Crippen LogP contribution in [0, 0.1) is 0 Å². The van der Waals surface area contributed by atoms with Crippen LogP contribution in [0.2, 0.25) is 0 Å². The van der Waals surface area contributed by atoms with Crippen LogP contribution in [0.4, 0.5) is 0 Å². The molecule has 0 saturated heterocycles. The smallest absolute Gasteiger partial charge is 0.288 e. The maximum atomic E-state index is 13.0. The number of carbonyl (C=O) groups excluding carboxylic acids is 2.